The van der Waals surface area contributed by atoms with Crippen molar-refractivity contribution in [3.05, 3.63) is 210 Å². The van der Waals surface area contributed by atoms with Gasteiger partial charge in [0.25, 0.3) is 6.33 Å². The molecule has 326 valence electrons. The Morgan fingerprint density at radius 3 is 1.86 bits per heavy atom. The fraction of sp³-hybridized carbons (Fsp3) is 0.241. The summed E-state index contributed by atoms with van der Waals surface area (Å²) in [5.41, 5.74) is 10.1. The molecule has 3 heterocycles. The minimum Gasteiger partial charge on any atom is -0.510 e. The van der Waals surface area contributed by atoms with Crippen LogP contribution in [0.2, 0.25) is 0 Å². The van der Waals surface area contributed by atoms with E-state index >= 15 is 0 Å². The van der Waals surface area contributed by atoms with Crippen molar-refractivity contribution in [2.75, 3.05) is 0 Å². The molecule has 0 radical (unpaired) electrons. The summed E-state index contributed by atoms with van der Waals surface area (Å²) in [7, 11) is 0. The number of ether oxygens (including phenoxy) is 1. The number of pyridine rings is 1. The van der Waals surface area contributed by atoms with Gasteiger partial charge in [-0.1, -0.05) is 171 Å². The zero-order valence-electron chi connectivity index (χ0n) is 38.5. The third-order valence-corrected chi connectivity index (χ3v) is 12.8. The molecule has 9 rings (SSSR count). The van der Waals surface area contributed by atoms with E-state index < -0.39 is 5.41 Å². The van der Waals surface area contributed by atoms with Gasteiger partial charge >= 0.3 is 0 Å². The summed E-state index contributed by atoms with van der Waals surface area (Å²) in [6.45, 7) is 22.6. The second kappa shape index (κ2) is 16.8. The van der Waals surface area contributed by atoms with Crippen LogP contribution in [-0.2, 0) is 42.7 Å². The van der Waals surface area contributed by atoms with E-state index in [0.717, 1.165) is 50.1 Å². The molecule has 0 atom stereocenters. The van der Waals surface area contributed by atoms with E-state index in [4.69, 9.17) is 9.72 Å². The van der Waals surface area contributed by atoms with Gasteiger partial charge in [0.15, 0.2) is 0 Å². The van der Waals surface area contributed by atoms with Crippen molar-refractivity contribution in [1.82, 2.24) is 14.1 Å². The van der Waals surface area contributed by atoms with Crippen LogP contribution in [0.1, 0.15) is 103 Å². The van der Waals surface area contributed by atoms with Crippen molar-refractivity contribution in [1.29, 1.82) is 0 Å². The van der Waals surface area contributed by atoms with Crippen molar-refractivity contribution in [2.45, 2.75) is 90.9 Å². The van der Waals surface area contributed by atoms with E-state index in [2.05, 4.69) is 232 Å². The van der Waals surface area contributed by atoms with Crippen molar-refractivity contribution < 1.29 is 30.4 Å². The Hall–Kier alpha value is -6.03. The van der Waals surface area contributed by atoms with E-state index in [0.29, 0.717) is 11.5 Å². The molecule has 64 heavy (non-hydrogen) atoms. The summed E-state index contributed by atoms with van der Waals surface area (Å²) < 4.78 is 13.4. The molecule has 0 unspecified atom stereocenters. The van der Waals surface area contributed by atoms with Crippen LogP contribution in [0.25, 0.3) is 39.0 Å². The van der Waals surface area contributed by atoms with Gasteiger partial charge in [-0.3, -0.25) is 4.57 Å². The van der Waals surface area contributed by atoms with Gasteiger partial charge in [0.05, 0.1) is 5.69 Å². The summed E-state index contributed by atoms with van der Waals surface area (Å²) >= 11 is 0. The van der Waals surface area contributed by atoms with E-state index in [1.54, 1.807) is 0 Å². The van der Waals surface area contributed by atoms with Crippen LogP contribution in [0, 0.1) is 18.5 Å². The Bertz CT molecular complexity index is 3110. The van der Waals surface area contributed by atoms with Crippen molar-refractivity contribution in [2.24, 2.45) is 0 Å². The molecule has 0 saturated heterocycles. The predicted molar refractivity (Wildman–Crippen MR) is 257 cm³/mol. The van der Waals surface area contributed by atoms with Gasteiger partial charge < -0.3 is 13.9 Å². The normalized spacial score (nSPS) is 12.4. The first-order valence-corrected chi connectivity index (χ1v) is 22.0. The maximum atomic E-state index is 7.12. The molecular weight excluding hydrogens is 964 g/mol. The number of hydrogen-bond acceptors (Lipinski definition) is 2. The monoisotopic (exact) mass is 1020 g/mol. The van der Waals surface area contributed by atoms with Crippen molar-refractivity contribution in [3.8, 4) is 28.7 Å². The number of para-hydroxylation sites is 1. The topological polar surface area (TPSA) is 35.9 Å². The summed E-state index contributed by atoms with van der Waals surface area (Å²) in [6.07, 6.45) is 9.60. The quantitative estimate of drug-likeness (QED) is 0.107. The molecule has 0 aliphatic rings. The van der Waals surface area contributed by atoms with Crippen LogP contribution in [0.15, 0.2) is 158 Å². The predicted octanol–water partition coefficient (Wildman–Crippen LogP) is 13.7. The average Bonchev–Trinajstić information content (AvgIpc) is 3.90. The van der Waals surface area contributed by atoms with E-state index in [-0.39, 0.29) is 37.3 Å². The van der Waals surface area contributed by atoms with Crippen molar-refractivity contribution in [3.63, 3.8) is 0 Å². The Labute approximate surface area is 393 Å². The number of hydrogen-bond donors (Lipinski definition) is 0. The smallest absolute Gasteiger partial charge is 0.267 e. The number of rotatable bonds is 9. The van der Waals surface area contributed by atoms with Gasteiger partial charge in [0.2, 0.25) is 0 Å². The first-order chi connectivity index (χ1) is 30.0. The number of aromatic nitrogens is 4. The van der Waals surface area contributed by atoms with Crippen LogP contribution < -0.4 is 9.30 Å². The fourth-order valence-corrected chi connectivity index (χ4v) is 8.72. The molecule has 0 amide bonds. The Balaban J connectivity index is 0.00000560. The number of nitrogens with zero attached hydrogens (tertiary/aromatic N) is 4. The van der Waals surface area contributed by atoms with Crippen molar-refractivity contribution >= 4 is 21.8 Å². The van der Waals surface area contributed by atoms with Gasteiger partial charge in [-0.25, -0.2) is 4.98 Å². The zero-order chi connectivity index (χ0) is 44.3. The number of fused-ring (bicyclic) bond motifs is 3. The number of benzene rings is 6. The van der Waals surface area contributed by atoms with Gasteiger partial charge in [-0.15, -0.1) is 35.4 Å². The molecule has 0 bridgehead atoms. The van der Waals surface area contributed by atoms with Crippen LogP contribution in [-0.4, -0.2) is 14.1 Å². The summed E-state index contributed by atoms with van der Waals surface area (Å²) in [5, 5.41) is 2.27. The molecule has 0 spiro atoms. The third kappa shape index (κ3) is 8.39. The van der Waals surface area contributed by atoms with Gasteiger partial charge in [0, 0.05) is 56.7 Å². The molecule has 0 saturated carbocycles. The van der Waals surface area contributed by atoms with Gasteiger partial charge in [-0.2, -0.15) is 6.07 Å². The summed E-state index contributed by atoms with van der Waals surface area (Å²) in [6, 6.07) is 57.0. The van der Waals surface area contributed by atoms with Crippen LogP contribution in [0.4, 0.5) is 0 Å². The van der Waals surface area contributed by atoms with E-state index in [1.165, 1.54) is 22.3 Å². The Morgan fingerprint density at radius 1 is 0.562 bits per heavy atom. The molecule has 6 aromatic carbocycles. The van der Waals surface area contributed by atoms with Gasteiger partial charge in [0.1, 0.15) is 5.82 Å². The van der Waals surface area contributed by atoms with Crippen LogP contribution >= 0.6 is 0 Å². The molecule has 5 nitrogen and oxygen atoms in total. The second-order valence-electron chi connectivity index (χ2n) is 19.9. The maximum absolute atomic E-state index is 7.12. The SMILES string of the molecule is CC(C)(C)c1cccc(-[n+]2[c-]n(-c3[c-]c(Oc4[c-]c5c(c(C(C)(C)c6ccccc6)c4)c4ccccc4n5-c4cc(C(C)(C)C)ccn4)cc(C(C)(C)c4ccccc4)c3)cc2)c1.[Pt]. The van der Waals surface area contributed by atoms with E-state index in [1.807, 2.05) is 27.7 Å². The van der Waals surface area contributed by atoms with E-state index in [9.17, 15) is 0 Å². The number of imidazole rings is 1. The molecular formula is C58H56N4OPt-2. The standard InChI is InChI=1S/C58H56N4O.Pt/c1-55(2,3)42-24-19-25-45(32-42)60-30-31-61(39-60)46-33-44(57(7,8)40-20-13-11-14-21-40)34-47(36-46)63-48-37-50(58(9,10)41-22-15-12-16-23-41)54-49-26-17-18-27-51(49)62(52(54)38-48)53-35-43(28-29-59-53)56(4,5)6;/h11-35,37H,1-10H3;/q-2;. The maximum Gasteiger partial charge on any atom is 0.267 e. The first kappa shape index (κ1) is 44.6. The van der Waals surface area contributed by atoms with Gasteiger partial charge in [-0.05, 0) is 85.3 Å². The molecule has 3 aromatic heterocycles. The molecule has 0 aliphatic heterocycles. The molecule has 6 heteroatoms. The Kier molecular flexibility index (Phi) is 11.7. The molecule has 0 fully saturated rings. The molecule has 9 aromatic rings. The zero-order valence-corrected chi connectivity index (χ0v) is 40.8. The third-order valence-electron chi connectivity index (χ3n) is 12.8. The molecule has 0 aliphatic carbocycles. The summed E-state index contributed by atoms with van der Waals surface area (Å²) in [4.78, 5) is 5.00. The first-order valence-electron chi connectivity index (χ1n) is 22.0. The minimum atomic E-state index is -0.410. The minimum absolute atomic E-state index is 0. The largest absolute Gasteiger partial charge is 0.510 e. The fourth-order valence-electron chi connectivity index (χ4n) is 8.72. The van der Waals surface area contributed by atoms with Crippen LogP contribution in [0.3, 0.4) is 0 Å². The second-order valence-corrected chi connectivity index (χ2v) is 19.9. The van der Waals surface area contributed by atoms with Crippen LogP contribution in [0.5, 0.6) is 11.5 Å². The molecule has 0 N–H and O–H groups in total. The Morgan fingerprint density at radius 2 is 1.17 bits per heavy atom. The summed E-state index contributed by atoms with van der Waals surface area (Å²) in [5.74, 6) is 2.03. The average molecular weight is 1020 g/mol.